The lowest BCUT2D eigenvalue weighted by Crippen LogP contribution is -2.30. The number of rotatable bonds is 7. The Balaban J connectivity index is 1.60. The first-order valence-electron chi connectivity index (χ1n) is 10.8. The lowest BCUT2D eigenvalue weighted by atomic mass is 10.1. The number of hydrogen-bond acceptors (Lipinski definition) is 5. The van der Waals surface area contributed by atoms with Crippen molar-refractivity contribution in [3.63, 3.8) is 0 Å². The molecule has 6 nitrogen and oxygen atoms in total. The number of hydrogen-bond donors (Lipinski definition) is 1. The normalized spacial score (nSPS) is 14.4. The second-order valence-electron chi connectivity index (χ2n) is 7.93. The molecular formula is C27H26N2O4S. The van der Waals surface area contributed by atoms with E-state index in [1.165, 1.54) is 4.90 Å². The largest absolute Gasteiger partial charge is 0.496 e. The molecule has 0 aromatic heterocycles. The SMILES string of the molecule is COc1ccc(/C=C2/NC(=S)N(c3ccccc3OC)C2=O)cc1COc1cc(C)ccc1C. The molecule has 0 atom stereocenters. The summed E-state index contributed by atoms with van der Waals surface area (Å²) in [5, 5.41) is 3.32. The zero-order valence-corrected chi connectivity index (χ0v) is 20.4. The molecule has 34 heavy (non-hydrogen) atoms. The Morgan fingerprint density at radius 1 is 0.941 bits per heavy atom. The Kier molecular flexibility index (Phi) is 6.84. The smallest absolute Gasteiger partial charge is 0.281 e. The third kappa shape index (κ3) is 4.75. The van der Waals surface area contributed by atoms with E-state index in [0.29, 0.717) is 34.6 Å². The third-order valence-electron chi connectivity index (χ3n) is 5.55. The van der Waals surface area contributed by atoms with Crippen molar-refractivity contribution < 1.29 is 19.0 Å². The van der Waals surface area contributed by atoms with E-state index in [9.17, 15) is 4.79 Å². The lowest BCUT2D eigenvalue weighted by molar-refractivity contribution is -0.113. The van der Waals surface area contributed by atoms with Gasteiger partial charge in [-0.3, -0.25) is 4.79 Å². The molecule has 1 amide bonds. The van der Waals surface area contributed by atoms with Crippen LogP contribution in [0.15, 0.2) is 66.4 Å². The van der Waals surface area contributed by atoms with E-state index >= 15 is 0 Å². The molecule has 1 saturated heterocycles. The van der Waals surface area contributed by atoms with Crippen molar-refractivity contribution in [1.29, 1.82) is 0 Å². The van der Waals surface area contributed by atoms with Crippen LogP contribution in [0.3, 0.4) is 0 Å². The molecule has 7 heteroatoms. The third-order valence-corrected chi connectivity index (χ3v) is 5.83. The van der Waals surface area contributed by atoms with Crippen molar-refractivity contribution in [2.24, 2.45) is 0 Å². The molecule has 3 aromatic rings. The average molecular weight is 475 g/mol. The average Bonchev–Trinajstić information content (AvgIpc) is 3.12. The van der Waals surface area contributed by atoms with Crippen molar-refractivity contribution in [3.05, 3.63) is 88.6 Å². The van der Waals surface area contributed by atoms with E-state index in [1.54, 1.807) is 32.4 Å². The van der Waals surface area contributed by atoms with Crippen LogP contribution >= 0.6 is 12.2 Å². The van der Waals surface area contributed by atoms with Gasteiger partial charge in [-0.2, -0.15) is 0 Å². The van der Waals surface area contributed by atoms with Crippen LogP contribution in [0.5, 0.6) is 17.2 Å². The van der Waals surface area contributed by atoms with Crippen LogP contribution in [0.25, 0.3) is 6.08 Å². The number of carbonyl (C=O) groups is 1. The molecule has 1 fully saturated rings. The maximum absolute atomic E-state index is 13.2. The van der Waals surface area contributed by atoms with Crippen molar-refractivity contribution in [3.8, 4) is 17.2 Å². The molecular weight excluding hydrogens is 448 g/mol. The van der Waals surface area contributed by atoms with Crippen molar-refractivity contribution in [1.82, 2.24) is 5.32 Å². The molecule has 1 aliphatic rings. The monoisotopic (exact) mass is 474 g/mol. The summed E-state index contributed by atoms with van der Waals surface area (Å²) in [7, 11) is 3.19. The summed E-state index contributed by atoms with van der Waals surface area (Å²) < 4.78 is 17.0. The predicted molar refractivity (Wildman–Crippen MR) is 137 cm³/mol. The van der Waals surface area contributed by atoms with Crippen LogP contribution in [-0.4, -0.2) is 25.2 Å². The molecule has 0 spiro atoms. The number of aryl methyl sites for hydroxylation is 2. The first-order chi connectivity index (χ1) is 16.4. The number of amides is 1. The Hall–Kier alpha value is -3.84. The number of nitrogens with one attached hydrogen (secondary N) is 1. The number of nitrogens with zero attached hydrogens (tertiary/aromatic N) is 1. The topological polar surface area (TPSA) is 60.0 Å². The summed E-state index contributed by atoms with van der Waals surface area (Å²) in [4.78, 5) is 14.6. The van der Waals surface area contributed by atoms with Gasteiger partial charge in [-0.05, 0) is 79.2 Å². The number of thiocarbonyl (C=S) groups is 1. The Labute approximate surface area is 204 Å². The lowest BCUT2D eigenvalue weighted by Gasteiger charge is -2.17. The van der Waals surface area contributed by atoms with E-state index in [2.05, 4.69) is 11.4 Å². The molecule has 0 unspecified atom stereocenters. The molecule has 0 radical (unpaired) electrons. The summed E-state index contributed by atoms with van der Waals surface area (Å²) in [6.07, 6.45) is 1.77. The minimum absolute atomic E-state index is 0.251. The van der Waals surface area contributed by atoms with Gasteiger partial charge in [-0.15, -0.1) is 0 Å². The van der Waals surface area contributed by atoms with Crippen LogP contribution in [-0.2, 0) is 11.4 Å². The van der Waals surface area contributed by atoms with Gasteiger partial charge < -0.3 is 19.5 Å². The molecule has 174 valence electrons. The molecule has 3 aromatic carbocycles. The Morgan fingerprint density at radius 3 is 2.47 bits per heavy atom. The maximum atomic E-state index is 13.2. The number of anilines is 1. The molecule has 0 bridgehead atoms. The van der Waals surface area contributed by atoms with Gasteiger partial charge in [0.15, 0.2) is 5.11 Å². The van der Waals surface area contributed by atoms with E-state index in [0.717, 1.165) is 28.0 Å². The number of carbonyl (C=O) groups excluding carboxylic acids is 1. The fourth-order valence-electron chi connectivity index (χ4n) is 3.75. The summed E-state index contributed by atoms with van der Waals surface area (Å²) in [6, 6.07) is 19.1. The molecule has 0 saturated carbocycles. The van der Waals surface area contributed by atoms with E-state index in [-0.39, 0.29) is 5.91 Å². The maximum Gasteiger partial charge on any atom is 0.281 e. The summed E-state index contributed by atoms with van der Waals surface area (Å²) in [5.74, 6) is 1.86. The van der Waals surface area contributed by atoms with Crippen molar-refractivity contribution >= 4 is 35.0 Å². The summed E-state index contributed by atoms with van der Waals surface area (Å²) >= 11 is 5.44. The second-order valence-corrected chi connectivity index (χ2v) is 8.32. The number of ether oxygens (including phenoxy) is 3. The van der Waals surface area contributed by atoms with Gasteiger partial charge in [0.25, 0.3) is 5.91 Å². The van der Waals surface area contributed by atoms with Gasteiger partial charge in [0.05, 0.1) is 19.9 Å². The number of benzene rings is 3. The van der Waals surface area contributed by atoms with Gasteiger partial charge in [-0.25, -0.2) is 4.90 Å². The zero-order chi connectivity index (χ0) is 24.2. The standard InChI is InChI=1S/C27H26N2O4S/c1-17-9-10-18(2)25(13-17)33-16-20-14-19(11-12-23(20)31-3)15-21-26(30)29(27(34)28-21)22-7-5-6-8-24(22)32-4/h5-15H,16H2,1-4H3,(H,28,34)/b21-15+. The highest BCUT2D eigenvalue weighted by Gasteiger charge is 2.33. The first-order valence-corrected chi connectivity index (χ1v) is 11.2. The van der Waals surface area contributed by atoms with Crippen LogP contribution in [0.2, 0.25) is 0 Å². The van der Waals surface area contributed by atoms with Gasteiger partial charge in [0.2, 0.25) is 0 Å². The van der Waals surface area contributed by atoms with E-state index < -0.39 is 0 Å². The molecule has 1 aliphatic heterocycles. The van der Waals surface area contributed by atoms with Crippen LogP contribution in [0, 0.1) is 13.8 Å². The molecule has 1 N–H and O–H groups in total. The van der Waals surface area contributed by atoms with Gasteiger partial charge >= 0.3 is 0 Å². The molecule has 0 aliphatic carbocycles. The number of methoxy groups -OCH3 is 2. The highest BCUT2D eigenvalue weighted by atomic mass is 32.1. The van der Waals surface area contributed by atoms with E-state index in [1.807, 2.05) is 56.3 Å². The van der Waals surface area contributed by atoms with Gasteiger partial charge in [-0.1, -0.05) is 30.3 Å². The highest BCUT2D eigenvalue weighted by molar-refractivity contribution is 7.80. The fourth-order valence-corrected chi connectivity index (χ4v) is 4.05. The van der Waals surface area contributed by atoms with Crippen LogP contribution in [0.1, 0.15) is 22.3 Å². The van der Waals surface area contributed by atoms with E-state index in [4.69, 9.17) is 26.4 Å². The minimum atomic E-state index is -0.251. The molecule has 1 heterocycles. The summed E-state index contributed by atoms with van der Waals surface area (Å²) in [5.41, 5.74) is 4.85. The Morgan fingerprint density at radius 2 is 1.71 bits per heavy atom. The second kappa shape index (κ2) is 9.97. The fraction of sp³-hybridized carbons (Fsp3) is 0.185. The quantitative estimate of drug-likeness (QED) is 0.377. The zero-order valence-electron chi connectivity index (χ0n) is 19.5. The van der Waals surface area contributed by atoms with Crippen molar-refractivity contribution in [2.75, 3.05) is 19.1 Å². The van der Waals surface area contributed by atoms with Crippen molar-refractivity contribution in [2.45, 2.75) is 20.5 Å². The van der Waals surface area contributed by atoms with Gasteiger partial charge in [0, 0.05) is 5.56 Å². The summed E-state index contributed by atoms with van der Waals surface area (Å²) in [6.45, 7) is 4.38. The van der Waals surface area contributed by atoms with Gasteiger partial charge in [0.1, 0.15) is 29.6 Å². The predicted octanol–water partition coefficient (Wildman–Crippen LogP) is 5.16. The first kappa shape index (κ1) is 23.3. The number of para-hydroxylation sites is 2. The molecule has 4 rings (SSSR count). The Bertz CT molecular complexity index is 1290. The van der Waals surface area contributed by atoms with Crippen LogP contribution < -0.4 is 24.4 Å². The minimum Gasteiger partial charge on any atom is -0.496 e. The highest BCUT2D eigenvalue weighted by Crippen LogP contribution is 2.32. The van der Waals surface area contributed by atoms with Crippen LogP contribution in [0.4, 0.5) is 5.69 Å².